The van der Waals surface area contributed by atoms with Crippen molar-refractivity contribution in [3.63, 3.8) is 0 Å². The Labute approximate surface area is 123 Å². The summed E-state index contributed by atoms with van der Waals surface area (Å²) < 4.78 is 28.1. The van der Waals surface area contributed by atoms with E-state index in [2.05, 4.69) is 4.40 Å². The van der Waals surface area contributed by atoms with E-state index in [1.165, 1.54) is 0 Å². The zero-order chi connectivity index (χ0) is 15.2. The van der Waals surface area contributed by atoms with Gasteiger partial charge >= 0.3 is 5.97 Å². The minimum atomic E-state index is -3.63. The summed E-state index contributed by atoms with van der Waals surface area (Å²) in [6, 6.07) is 6.70. The molecule has 2 unspecified atom stereocenters. The first-order valence-electron chi connectivity index (χ1n) is 6.84. The van der Waals surface area contributed by atoms with Crippen LogP contribution in [0.2, 0.25) is 0 Å². The van der Waals surface area contributed by atoms with Crippen molar-refractivity contribution in [3.8, 4) is 0 Å². The number of benzene rings is 1. The quantitative estimate of drug-likeness (QED) is 0.845. The average Bonchev–Trinajstić information content (AvgIpc) is 2.71. The second-order valence-electron chi connectivity index (χ2n) is 5.49. The van der Waals surface area contributed by atoms with E-state index in [-0.39, 0.29) is 16.9 Å². The number of amidine groups is 1. The summed E-state index contributed by atoms with van der Waals surface area (Å²) >= 11 is 0. The minimum absolute atomic E-state index is 0.0556. The van der Waals surface area contributed by atoms with Crippen molar-refractivity contribution in [2.75, 3.05) is 6.54 Å². The molecule has 1 aromatic rings. The first kappa shape index (κ1) is 14.1. The van der Waals surface area contributed by atoms with E-state index >= 15 is 0 Å². The normalized spacial score (nSPS) is 27.1. The van der Waals surface area contributed by atoms with Crippen molar-refractivity contribution in [2.24, 2.45) is 10.3 Å². The van der Waals surface area contributed by atoms with E-state index in [9.17, 15) is 13.2 Å². The molecule has 2 heterocycles. The van der Waals surface area contributed by atoms with Crippen LogP contribution in [0.1, 0.15) is 25.3 Å². The standard InChI is InChI=1S/C14H16N2O4S/c1-9-8-10(14(17)18)6-7-16(9)13-11-4-2-3-5-12(11)21(19,20)15-13/h2-5,9-10H,6-8H2,1H3,(H,17,18). The lowest BCUT2D eigenvalue weighted by Gasteiger charge is -2.37. The Kier molecular flexibility index (Phi) is 3.24. The van der Waals surface area contributed by atoms with Gasteiger partial charge in [0, 0.05) is 18.2 Å². The van der Waals surface area contributed by atoms with E-state index in [1.54, 1.807) is 24.3 Å². The molecule has 0 spiro atoms. The van der Waals surface area contributed by atoms with E-state index in [4.69, 9.17) is 5.11 Å². The molecule has 3 rings (SSSR count). The van der Waals surface area contributed by atoms with Crippen LogP contribution in [0.5, 0.6) is 0 Å². The largest absolute Gasteiger partial charge is 0.481 e. The van der Waals surface area contributed by atoms with Gasteiger partial charge in [-0.25, -0.2) is 0 Å². The fourth-order valence-electron chi connectivity index (χ4n) is 3.01. The third-order valence-corrected chi connectivity index (χ3v) is 5.44. The molecule has 0 aromatic heterocycles. The predicted octanol–water partition coefficient (Wildman–Crippen LogP) is 1.32. The average molecular weight is 308 g/mol. The fraction of sp³-hybridized carbons (Fsp3) is 0.429. The van der Waals surface area contributed by atoms with Gasteiger partial charge in [0.1, 0.15) is 4.90 Å². The number of hydrogen-bond donors (Lipinski definition) is 1. The van der Waals surface area contributed by atoms with Crippen molar-refractivity contribution in [1.29, 1.82) is 0 Å². The van der Waals surface area contributed by atoms with Crippen LogP contribution >= 0.6 is 0 Å². The molecule has 6 nitrogen and oxygen atoms in total. The summed E-state index contributed by atoms with van der Waals surface area (Å²) in [6.45, 7) is 2.41. The van der Waals surface area contributed by atoms with Crippen LogP contribution in [-0.2, 0) is 14.8 Å². The number of hydrogen-bond acceptors (Lipinski definition) is 4. The smallest absolute Gasteiger partial charge is 0.306 e. The summed E-state index contributed by atoms with van der Waals surface area (Å²) in [5.41, 5.74) is 0.609. The number of rotatable bonds is 1. The maximum absolute atomic E-state index is 12.1. The van der Waals surface area contributed by atoms with E-state index in [1.807, 2.05) is 11.8 Å². The number of sulfonamides is 1. The summed E-state index contributed by atoms with van der Waals surface area (Å²) in [6.07, 6.45) is 0.997. The molecule has 21 heavy (non-hydrogen) atoms. The molecular weight excluding hydrogens is 292 g/mol. The zero-order valence-corrected chi connectivity index (χ0v) is 12.4. The fourth-order valence-corrected chi connectivity index (χ4v) is 4.22. The molecule has 0 aliphatic carbocycles. The number of carbonyl (C=O) groups is 1. The Balaban J connectivity index is 1.94. The third-order valence-electron chi connectivity index (χ3n) is 4.11. The topological polar surface area (TPSA) is 87.0 Å². The van der Waals surface area contributed by atoms with Gasteiger partial charge in [-0.15, -0.1) is 4.40 Å². The molecule has 0 bridgehead atoms. The second-order valence-corrected chi connectivity index (χ2v) is 7.06. The summed E-state index contributed by atoms with van der Waals surface area (Å²) in [4.78, 5) is 13.2. The van der Waals surface area contributed by atoms with E-state index in [0.29, 0.717) is 30.8 Å². The molecule has 7 heteroatoms. The van der Waals surface area contributed by atoms with Gasteiger partial charge in [0.2, 0.25) is 0 Å². The highest BCUT2D eigenvalue weighted by Crippen LogP contribution is 2.31. The van der Waals surface area contributed by atoms with Gasteiger partial charge in [-0.05, 0) is 31.9 Å². The molecule has 1 saturated heterocycles. The Bertz CT molecular complexity index is 726. The summed E-state index contributed by atoms with van der Waals surface area (Å²) in [5, 5.41) is 9.10. The number of likely N-dealkylation sites (tertiary alicyclic amines) is 1. The van der Waals surface area contributed by atoms with Gasteiger partial charge in [-0.2, -0.15) is 8.42 Å². The van der Waals surface area contributed by atoms with Gasteiger partial charge in [0.05, 0.1) is 5.92 Å². The highest BCUT2D eigenvalue weighted by molar-refractivity contribution is 7.90. The lowest BCUT2D eigenvalue weighted by Crippen LogP contribution is -2.46. The van der Waals surface area contributed by atoms with E-state index in [0.717, 1.165) is 0 Å². The van der Waals surface area contributed by atoms with Gasteiger partial charge < -0.3 is 10.0 Å². The summed E-state index contributed by atoms with van der Waals surface area (Å²) in [5.74, 6) is -0.713. The second kappa shape index (κ2) is 4.84. The lowest BCUT2D eigenvalue weighted by molar-refractivity contribution is -0.143. The van der Waals surface area contributed by atoms with Crippen molar-refractivity contribution in [2.45, 2.75) is 30.7 Å². The first-order valence-corrected chi connectivity index (χ1v) is 8.28. The predicted molar refractivity (Wildman–Crippen MR) is 76.7 cm³/mol. The minimum Gasteiger partial charge on any atom is -0.481 e. The zero-order valence-electron chi connectivity index (χ0n) is 11.6. The number of piperidine rings is 1. The van der Waals surface area contributed by atoms with Crippen LogP contribution in [-0.4, -0.2) is 42.8 Å². The molecule has 112 valence electrons. The molecule has 0 radical (unpaired) electrons. The van der Waals surface area contributed by atoms with Crippen molar-refractivity contribution in [3.05, 3.63) is 29.8 Å². The van der Waals surface area contributed by atoms with Crippen LogP contribution in [0.25, 0.3) is 0 Å². The molecule has 2 aliphatic rings. The number of nitrogens with zero attached hydrogens (tertiary/aromatic N) is 2. The number of aliphatic carboxylic acids is 1. The first-order chi connectivity index (χ1) is 9.90. The lowest BCUT2D eigenvalue weighted by atomic mass is 9.91. The van der Waals surface area contributed by atoms with Crippen LogP contribution in [0.4, 0.5) is 0 Å². The molecule has 1 fully saturated rings. The maximum Gasteiger partial charge on any atom is 0.306 e. The third kappa shape index (κ3) is 2.31. The SMILES string of the molecule is CC1CC(C(=O)O)CCN1C1=NS(=O)(=O)c2ccccc21. The highest BCUT2D eigenvalue weighted by atomic mass is 32.2. The molecular formula is C14H16N2O4S. The molecule has 2 atom stereocenters. The van der Waals surface area contributed by atoms with Crippen LogP contribution in [0, 0.1) is 5.92 Å². The molecule has 1 aromatic carbocycles. The molecule has 0 amide bonds. The van der Waals surface area contributed by atoms with E-state index < -0.39 is 16.0 Å². The van der Waals surface area contributed by atoms with Crippen molar-refractivity contribution >= 4 is 21.8 Å². The Hall–Kier alpha value is -1.89. The van der Waals surface area contributed by atoms with Gasteiger partial charge in [-0.1, -0.05) is 12.1 Å². The van der Waals surface area contributed by atoms with Crippen molar-refractivity contribution in [1.82, 2.24) is 4.90 Å². The Morgan fingerprint density at radius 2 is 2.10 bits per heavy atom. The number of carboxylic acid groups (broad SMARTS) is 1. The Morgan fingerprint density at radius 1 is 1.38 bits per heavy atom. The molecule has 2 aliphatic heterocycles. The monoisotopic (exact) mass is 308 g/mol. The number of carboxylic acids is 1. The van der Waals surface area contributed by atoms with Gasteiger partial charge in [0.25, 0.3) is 10.0 Å². The summed E-state index contributed by atoms with van der Waals surface area (Å²) in [7, 11) is -3.63. The number of fused-ring (bicyclic) bond motifs is 1. The maximum atomic E-state index is 12.1. The van der Waals surface area contributed by atoms with Crippen LogP contribution < -0.4 is 0 Å². The van der Waals surface area contributed by atoms with Crippen LogP contribution in [0.15, 0.2) is 33.6 Å². The Morgan fingerprint density at radius 3 is 2.76 bits per heavy atom. The van der Waals surface area contributed by atoms with Gasteiger partial charge in [-0.3, -0.25) is 4.79 Å². The van der Waals surface area contributed by atoms with Gasteiger partial charge in [0.15, 0.2) is 5.84 Å². The van der Waals surface area contributed by atoms with Crippen molar-refractivity contribution < 1.29 is 18.3 Å². The van der Waals surface area contributed by atoms with Crippen LogP contribution in [0.3, 0.4) is 0 Å². The highest BCUT2D eigenvalue weighted by Gasteiger charge is 2.37. The molecule has 0 saturated carbocycles. The molecule has 1 N–H and O–H groups in total.